The van der Waals surface area contributed by atoms with Crippen molar-refractivity contribution in [1.29, 1.82) is 0 Å². The van der Waals surface area contributed by atoms with Crippen molar-refractivity contribution in [2.75, 3.05) is 40.6 Å². The van der Waals surface area contributed by atoms with Gasteiger partial charge in [-0.1, -0.05) is 55.5 Å². The van der Waals surface area contributed by atoms with E-state index in [0.29, 0.717) is 19.8 Å². The molecule has 0 aliphatic carbocycles. The van der Waals surface area contributed by atoms with Gasteiger partial charge in [0.25, 0.3) is 0 Å². The van der Waals surface area contributed by atoms with Gasteiger partial charge in [-0.2, -0.15) is 0 Å². The number of hydrogen-bond donors (Lipinski definition) is 0. The molecule has 0 spiro atoms. The first-order valence-electron chi connectivity index (χ1n) is 12.0. The quantitative estimate of drug-likeness (QED) is 0.518. The summed E-state index contributed by atoms with van der Waals surface area (Å²) in [5, 5.41) is 0. The Morgan fingerprint density at radius 2 is 1.74 bits per heavy atom. The van der Waals surface area contributed by atoms with Crippen LogP contribution in [0.4, 0.5) is 0 Å². The van der Waals surface area contributed by atoms with Gasteiger partial charge in [-0.05, 0) is 40.8 Å². The first kappa shape index (κ1) is 24.1. The number of hydrogen-bond acceptors (Lipinski definition) is 5. The second kappa shape index (κ2) is 11.9. The molecule has 0 saturated heterocycles. The van der Waals surface area contributed by atoms with Crippen molar-refractivity contribution in [3.63, 3.8) is 0 Å². The molecule has 0 fully saturated rings. The van der Waals surface area contributed by atoms with E-state index >= 15 is 0 Å². The molecule has 1 heterocycles. The Labute approximate surface area is 203 Å². The normalized spacial score (nSPS) is 15.0. The van der Waals surface area contributed by atoms with Gasteiger partial charge < -0.3 is 18.9 Å². The average molecular weight is 462 g/mol. The lowest BCUT2D eigenvalue weighted by Gasteiger charge is -2.25. The lowest BCUT2D eigenvalue weighted by atomic mass is 9.99. The molecule has 34 heavy (non-hydrogen) atoms. The first-order valence-corrected chi connectivity index (χ1v) is 12.0. The molecule has 3 aromatic rings. The smallest absolute Gasteiger partial charge is 0.165 e. The van der Waals surface area contributed by atoms with Crippen LogP contribution in [0.5, 0.6) is 17.2 Å². The molecule has 0 N–H and O–H groups in total. The van der Waals surface area contributed by atoms with Crippen molar-refractivity contribution < 1.29 is 18.9 Å². The van der Waals surface area contributed by atoms with Crippen LogP contribution in [-0.2, 0) is 30.7 Å². The van der Waals surface area contributed by atoms with Crippen molar-refractivity contribution in [1.82, 2.24) is 4.90 Å². The SMILES string of the molecule is CCc1ccc2c(c1)Cc1cccc(c1)CN(Cc1cccc(OC)c1OC)CCOCCO2. The van der Waals surface area contributed by atoms with Crippen molar-refractivity contribution in [2.45, 2.75) is 32.9 Å². The Morgan fingerprint density at radius 1 is 0.882 bits per heavy atom. The average Bonchev–Trinajstić information content (AvgIpc) is 2.86. The van der Waals surface area contributed by atoms with Crippen LogP contribution in [0.1, 0.15) is 34.7 Å². The molecule has 0 saturated carbocycles. The molecule has 5 nitrogen and oxygen atoms in total. The summed E-state index contributed by atoms with van der Waals surface area (Å²) < 4.78 is 23.2. The maximum absolute atomic E-state index is 6.11. The Morgan fingerprint density at radius 3 is 2.56 bits per heavy atom. The van der Waals surface area contributed by atoms with Gasteiger partial charge >= 0.3 is 0 Å². The summed E-state index contributed by atoms with van der Waals surface area (Å²) in [6.45, 7) is 6.31. The number of nitrogens with zero attached hydrogens (tertiary/aromatic N) is 1. The molecule has 1 aliphatic rings. The van der Waals surface area contributed by atoms with E-state index in [-0.39, 0.29) is 0 Å². The number of ether oxygens (including phenoxy) is 4. The van der Waals surface area contributed by atoms with Crippen molar-refractivity contribution in [2.24, 2.45) is 0 Å². The van der Waals surface area contributed by atoms with Gasteiger partial charge in [0.05, 0.1) is 27.4 Å². The summed E-state index contributed by atoms with van der Waals surface area (Å²) >= 11 is 0. The third-order valence-corrected chi connectivity index (χ3v) is 6.24. The van der Waals surface area contributed by atoms with Gasteiger partial charge in [-0.15, -0.1) is 0 Å². The fourth-order valence-corrected chi connectivity index (χ4v) is 4.49. The molecule has 5 heteroatoms. The van der Waals surface area contributed by atoms with Crippen LogP contribution >= 0.6 is 0 Å². The molecule has 0 atom stereocenters. The van der Waals surface area contributed by atoms with E-state index in [4.69, 9.17) is 18.9 Å². The monoisotopic (exact) mass is 461 g/mol. The van der Waals surface area contributed by atoms with Crippen molar-refractivity contribution in [3.8, 4) is 17.2 Å². The predicted octanol–water partition coefficient (Wildman–Crippen LogP) is 5.27. The minimum absolute atomic E-state index is 0.544. The first-order chi connectivity index (χ1) is 16.7. The third kappa shape index (κ3) is 6.10. The molecule has 4 rings (SSSR count). The lowest BCUT2D eigenvalue weighted by Crippen LogP contribution is -2.28. The highest BCUT2D eigenvalue weighted by Crippen LogP contribution is 2.32. The molecule has 0 unspecified atom stereocenters. The van der Waals surface area contributed by atoms with Crippen LogP contribution in [0.15, 0.2) is 60.7 Å². The summed E-state index contributed by atoms with van der Waals surface area (Å²) in [5.74, 6) is 2.49. The van der Waals surface area contributed by atoms with E-state index in [0.717, 1.165) is 55.3 Å². The van der Waals surface area contributed by atoms with Gasteiger partial charge in [0.15, 0.2) is 11.5 Å². The van der Waals surface area contributed by atoms with Crippen LogP contribution in [0.25, 0.3) is 0 Å². The summed E-state index contributed by atoms with van der Waals surface area (Å²) in [6, 6.07) is 21.4. The van der Waals surface area contributed by atoms with Gasteiger partial charge in [-0.25, -0.2) is 0 Å². The molecule has 0 amide bonds. The maximum atomic E-state index is 6.11. The van der Waals surface area contributed by atoms with Gasteiger partial charge in [0.1, 0.15) is 12.4 Å². The fraction of sp³-hybridized carbons (Fsp3) is 0.379. The summed E-state index contributed by atoms with van der Waals surface area (Å²) in [6.07, 6.45) is 1.86. The van der Waals surface area contributed by atoms with E-state index in [2.05, 4.69) is 60.4 Å². The fourth-order valence-electron chi connectivity index (χ4n) is 4.49. The van der Waals surface area contributed by atoms with Gasteiger partial charge in [-0.3, -0.25) is 4.90 Å². The highest BCUT2D eigenvalue weighted by molar-refractivity contribution is 5.46. The lowest BCUT2D eigenvalue weighted by molar-refractivity contribution is 0.0755. The Kier molecular flexibility index (Phi) is 8.45. The number of benzene rings is 3. The molecule has 3 aromatic carbocycles. The zero-order chi connectivity index (χ0) is 23.8. The predicted molar refractivity (Wildman–Crippen MR) is 135 cm³/mol. The molecular weight excluding hydrogens is 426 g/mol. The van der Waals surface area contributed by atoms with Crippen LogP contribution in [0, 0.1) is 0 Å². The maximum Gasteiger partial charge on any atom is 0.165 e. The number of para-hydroxylation sites is 1. The summed E-state index contributed by atoms with van der Waals surface area (Å²) in [5.41, 5.74) is 6.23. The molecular formula is C29H35NO4. The minimum Gasteiger partial charge on any atom is -0.493 e. The van der Waals surface area contributed by atoms with Crippen LogP contribution < -0.4 is 14.2 Å². The topological polar surface area (TPSA) is 40.2 Å². The number of fused-ring (bicyclic) bond motifs is 3. The largest absolute Gasteiger partial charge is 0.493 e. The zero-order valence-electron chi connectivity index (χ0n) is 20.5. The molecule has 180 valence electrons. The second-order valence-electron chi connectivity index (χ2n) is 8.62. The standard InChI is InChI=1S/C29H35NO4/c1-4-22-11-12-27-26(18-22)19-23-7-5-8-24(17-23)20-30(13-14-33-15-16-34-27)21-25-9-6-10-28(31-2)29(25)32-3/h5-12,17-18H,4,13-16,19-21H2,1-3H3. The van der Waals surface area contributed by atoms with Gasteiger partial charge in [0.2, 0.25) is 0 Å². The zero-order valence-corrected chi connectivity index (χ0v) is 20.5. The van der Waals surface area contributed by atoms with Crippen LogP contribution in [0.2, 0.25) is 0 Å². The van der Waals surface area contributed by atoms with Gasteiger partial charge in [0, 0.05) is 31.6 Å². The van der Waals surface area contributed by atoms with Crippen LogP contribution in [0.3, 0.4) is 0 Å². The molecule has 1 aliphatic heterocycles. The van der Waals surface area contributed by atoms with E-state index in [1.54, 1.807) is 14.2 Å². The molecule has 2 bridgehead atoms. The van der Waals surface area contributed by atoms with Crippen molar-refractivity contribution >= 4 is 0 Å². The summed E-state index contributed by atoms with van der Waals surface area (Å²) in [4.78, 5) is 2.40. The van der Waals surface area contributed by atoms with E-state index in [1.807, 2.05) is 12.1 Å². The van der Waals surface area contributed by atoms with Crippen molar-refractivity contribution in [3.05, 3.63) is 88.5 Å². The molecule has 0 aromatic heterocycles. The highest BCUT2D eigenvalue weighted by Gasteiger charge is 2.15. The second-order valence-corrected chi connectivity index (χ2v) is 8.62. The van der Waals surface area contributed by atoms with E-state index in [9.17, 15) is 0 Å². The van der Waals surface area contributed by atoms with E-state index < -0.39 is 0 Å². The third-order valence-electron chi connectivity index (χ3n) is 6.24. The number of methoxy groups -OCH3 is 2. The Bertz CT molecular complexity index is 1080. The summed E-state index contributed by atoms with van der Waals surface area (Å²) in [7, 11) is 3.37. The number of aryl methyl sites for hydroxylation is 1. The van der Waals surface area contributed by atoms with E-state index in [1.165, 1.54) is 22.3 Å². The Balaban J connectivity index is 1.60. The molecule has 0 radical (unpaired) electrons. The van der Waals surface area contributed by atoms with Crippen LogP contribution in [-0.4, -0.2) is 45.5 Å². The highest BCUT2D eigenvalue weighted by atomic mass is 16.5. The number of rotatable bonds is 5. The Hall–Kier alpha value is -3.02. The minimum atomic E-state index is 0.544.